The van der Waals surface area contributed by atoms with E-state index in [0.717, 1.165) is 41.0 Å². The molecule has 2 aromatic carbocycles. The topological polar surface area (TPSA) is 47.6 Å². The molecule has 0 atom stereocenters. The van der Waals surface area contributed by atoms with Gasteiger partial charge in [-0.2, -0.15) is 0 Å². The zero-order chi connectivity index (χ0) is 15.8. The lowest BCUT2D eigenvalue weighted by atomic mass is 9.99. The molecule has 2 aromatic rings. The van der Waals surface area contributed by atoms with E-state index in [1.165, 1.54) is 12.1 Å². The highest BCUT2D eigenvalue weighted by Crippen LogP contribution is 2.40. The highest BCUT2D eigenvalue weighted by atomic mass is 19.1. The van der Waals surface area contributed by atoms with Gasteiger partial charge in [-0.15, -0.1) is 0 Å². The molecular weight excluding hydrogens is 297 g/mol. The van der Waals surface area contributed by atoms with Gasteiger partial charge in [0.25, 0.3) is 5.91 Å². The maximum atomic E-state index is 13.7. The van der Waals surface area contributed by atoms with Gasteiger partial charge in [-0.05, 0) is 18.2 Å². The SMILES string of the molecule is O=C(NCc1c2c(cc3c1OCC3)OCC2)c1ccccc1F. The van der Waals surface area contributed by atoms with Crippen LogP contribution in [0.5, 0.6) is 11.5 Å². The first-order valence-corrected chi connectivity index (χ1v) is 7.70. The molecular formula is C18H16FNO3. The highest BCUT2D eigenvalue weighted by molar-refractivity contribution is 5.94. The average Bonchev–Trinajstić information content (AvgIpc) is 3.20. The molecule has 118 valence electrons. The van der Waals surface area contributed by atoms with E-state index in [1.807, 2.05) is 6.07 Å². The second kappa shape index (κ2) is 5.57. The molecule has 23 heavy (non-hydrogen) atoms. The number of ether oxygens (including phenoxy) is 2. The van der Waals surface area contributed by atoms with Crippen LogP contribution in [0, 0.1) is 5.82 Å². The van der Waals surface area contributed by atoms with Gasteiger partial charge in [0.2, 0.25) is 0 Å². The molecule has 5 heteroatoms. The van der Waals surface area contributed by atoms with Gasteiger partial charge >= 0.3 is 0 Å². The second-order valence-corrected chi connectivity index (χ2v) is 5.68. The van der Waals surface area contributed by atoms with Gasteiger partial charge in [-0.1, -0.05) is 12.1 Å². The number of benzene rings is 2. The number of amides is 1. The summed E-state index contributed by atoms with van der Waals surface area (Å²) in [5.41, 5.74) is 3.20. The number of halogens is 1. The summed E-state index contributed by atoms with van der Waals surface area (Å²) < 4.78 is 25.1. The lowest BCUT2D eigenvalue weighted by Gasteiger charge is -2.14. The maximum Gasteiger partial charge on any atom is 0.254 e. The van der Waals surface area contributed by atoms with Crippen molar-refractivity contribution in [2.45, 2.75) is 19.4 Å². The first kappa shape index (κ1) is 14.1. The summed E-state index contributed by atoms with van der Waals surface area (Å²) in [4.78, 5) is 12.2. The quantitative estimate of drug-likeness (QED) is 0.947. The third kappa shape index (κ3) is 2.42. The van der Waals surface area contributed by atoms with Crippen LogP contribution in [-0.2, 0) is 19.4 Å². The molecule has 0 unspecified atom stereocenters. The number of nitrogens with one attached hydrogen (secondary N) is 1. The van der Waals surface area contributed by atoms with Crippen LogP contribution in [0.1, 0.15) is 27.0 Å². The lowest BCUT2D eigenvalue weighted by Crippen LogP contribution is -2.24. The Bertz CT molecular complexity index is 756. The van der Waals surface area contributed by atoms with Crippen molar-refractivity contribution in [2.24, 2.45) is 0 Å². The largest absolute Gasteiger partial charge is 0.493 e. The summed E-state index contributed by atoms with van der Waals surface area (Å²) in [5, 5.41) is 2.80. The highest BCUT2D eigenvalue weighted by Gasteiger charge is 2.26. The fourth-order valence-electron chi connectivity index (χ4n) is 3.18. The molecule has 4 nitrogen and oxygen atoms in total. The van der Waals surface area contributed by atoms with Gasteiger partial charge in [0, 0.05) is 36.1 Å². The van der Waals surface area contributed by atoms with E-state index in [0.29, 0.717) is 19.8 Å². The first-order chi connectivity index (χ1) is 11.2. The Morgan fingerprint density at radius 3 is 2.87 bits per heavy atom. The Kier molecular flexibility index (Phi) is 3.41. The Balaban J connectivity index is 1.61. The Morgan fingerprint density at radius 2 is 2.00 bits per heavy atom. The molecule has 0 saturated heterocycles. The van der Waals surface area contributed by atoms with Gasteiger partial charge < -0.3 is 14.8 Å². The number of rotatable bonds is 3. The number of carbonyl (C=O) groups excluding carboxylic acids is 1. The Hall–Kier alpha value is -2.56. The summed E-state index contributed by atoms with van der Waals surface area (Å²) in [6, 6.07) is 8.00. The van der Waals surface area contributed by atoms with E-state index >= 15 is 0 Å². The van der Waals surface area contributed by atoms with E-state index in [9.17, 15) is 9.18 Å². The zero-order valence-electron chi connectivity index (χ0n) is 12.5. The van der Waals surface area contributed by atoms with E-state index in [2.05, 4.69) is 5.32 Å². The third-order valence-electron chi connectivity index (χ3n) is 4.30. The van der Waals surface area contributed by atoms with Gasteiger partial charge in [0.15, 0.2) is 0 Å². The van der Waals surface area contributed by atoms with Crippen molar-refractivity contribution in [2.75, 3.05) is 13.2 Å². The summed E-state index contributed by atoms with van der Waals surface area (Å²) in [5.74, 6) is 0.784. The van der Waals surface area contributed by atoms with Crippen LogP contribution >= 0.6 is 0 Å². The van der Waals surface area contributed by atoms with Crippen molar-refractivity contribution in [1.29, 1.82) is 0 Å². The Labute approximate surface area is 133 Å². The van der Waals surface area contributed by atoms with Crippen LogP contribution < -0.4 is 14.8 Å². The molecule has 0 radical (unpaired) electrons. The predicted octanol–water partition coefficient (Wildman–Crippen LogP) is 2.63. The monoisotopic (exact) mass is 313 g/mol. The summed E-state index contributed by atoms with van der Waals surface area (Å²) in [6.07, 6.45) is 1.65. The molecule has 0 spiro atoms. The van der Waals surface area contributed by atoms with Crippen LogP contribution in [-0.4, -0.2) is 19.1 Å². The fraction of sp³-hybridized carbons (Fsp3) is 0.278. The molecule has 2 aliphatic heterocycles. The molecule has 0 aromatic heterocycles. The molecule has 4 rings (SSSR count). The van der Waals surface area contributed by atoms with Crippen molar-refractivity contribution >= 4 is 5.91 Å². The Morgan fingerprint density at radius 1 is 1.17 bits per heavy atom. The average molecular weight is 313 g/mol. The minimum absolute atomic E-state index is 0.0499. The maximum absolute atomic E-state index is 13.7. The standard InChI is InChI=1S/C18H16FNO3/c19-15-4-2-1-3-13(15)18(21)20-10-14-12-6-8-22-16(12)9-11-5-7-23-17(11)14/h1-4,9H,5-8,10H2,(H,20,21). The smallest absolute Gasteiger partial charge is 0.254 e. The van der Waals surface area contributed by atoms with Crippen molar-refractivity contribution in [1.82, 2.24) is 5.32 Å². The van der Waals surface area contributed by atoms with Crippen LogP contribution in [0.25, 0.3) is 0 Å². The number of carbonyl (C=O) groups is 1. The second-order valence-electron chi connectivity index (χ2n) is 5.68. The molecule has 0 bridgehead atoms. The number of fused-ring (bicyclic) bond motifs is 2. The summed E-state index contributed by atoms with van der Waals surface area (Å²) in [6.45, 7) is 1.60. The van der Waals surface area contributed by atoms with E-state index in [4.69, 9.17) is 9.47 Å². The summed E-state index contributed by atoms with van der Waals surface area (Å²) in [7, 11) is 0. The van der Waals surface area contributed by atoms with Gasteiger partial charge in [-0.25, -0.2) is 4.39 Å². The molecule has 1 amide bonds. The van der Waals surface area contributed by atoms with Gasteiger partial charge in [0.05, 0.1) is 18.8 Å². The molecule has 0 aliphatic carbocycles. The normalized spacial score (nSPS) is 14.7. The fourth-order valence-corrected chi connectivity index (χ4v) is 3.18. The van der Waals surface area contributed by atoms with Crippen LogP contribution in [0.2, 0.25) is 0 Å². The van der Waals surface area contributed by atoms with E-state index in [1.54, 1.807) is 12.1 Å². The molecule has 0 saturated carbocycles. The van der Waals surface area contributed by atoms with Gasteiger partial charge in [0.1, 0.15) is 17.3 Å². The third-order valence-corrected chi connectivity index (χ3v) is 4.30. The van der Waals surface area contributed by atoms with Gasteiger partial charge in [-0.3, -0.25) is 4.79 Å². The van der Waals surface area contributed by atoms with Crippen molar-refractivity contribution in [3.05, 3.63) is 58.4 Å². The van der Waals surface area contributed by atoms with Crippen molar-refractivity contribution in [3.8, 4) is 11.5 Å². The van der Waals surface area contributed by atoms with E-state index < -0.39 is 11.7 Å². The van der Waals surface area contributed by atoms with Crippen LogP contribution in [0.15, 0.2) is 30.3 Å². The lowest BCUT2D eigenvalue weighted by molar-refractivity contribution is 0.0946. The van der Waals surface area contributed by atoms with Crippen molar-refractivity contribution < 1.29 is 18.7 Å². The summed E-state index contributed by atoms with van der Waals surface area (Å²) >= 11 is 0. The molecule has 2 aliphatic rings. The molecule has 0 fully saturated rings. The van der Waals surface area contributed by atoms with Crippen molar-refractivity contribution in [3.63, 3.8) is 0 Å². The predicted molar refractivity (Wildman–Crippen MR) is 82.4 cm³/mol. The molecule has 2 heterocycles. The van der Waals surface area contributed by atoms with Crippen LogP contribution in [0.4, 0.5) is 4.39 Å². The number of hydrogen-bond acceptors (Lipinski definition) is 3. The first-order valence-electron chi connectivity index (χ1n) is 7.70. The zero-order valence-corrected chi connectivity index (χ0v) is 12.5. The minimum atomic E-state index is -0.520. The molecule has 1 N–H and O–H groups in total. The number of hydrogen-bond donors (Lipinski definition) is 1. The minimum Gasteiger partial charge on any atom is -0.493 e. The van der Waals surface area contributed by atoms with E-state index in [-0.39, 0.29) is 5.56 Å². The van der Waals surface area contributed by atoms with Crippen LogP contribution in [0.3, 0.4) is 0 Å².